The van der Waals surface area contributed by atoms with Gasteiger partial charge in [0.25, 0.3) is 24.0 Å². The smallest absolute Gasteiger partial charge is 0.293 e. The van der Waals surface area contributed by atoms with Crippen LogP contribution < -0.4 is 15.9 Å². The third kappa shape index (κ3) is 3.79. The molecule has 33 heavy (non-hydrogen) atoms. The summed E-state index contributed by atoms with van der Waals surface area (Å²) in [5.41, 5.74) is -2.80. The Kier molecular flexibility index (Phi) is 5.56. The number of fused-ring (bicyclic) bond motifs is 1. The van der Waals surface area contributed by atoms with Crippen molar-refractivity contribution in [3.63, 3.8) is 0 Å². The van der Waals surface area contributed by atoms with Gasteiger partial charge < -0.3 is 18.9 Å². The fourth-order valence-electron chi connectivity index (χ4n) is 3.58. The van der Waals surface area contributed by atoms with Crippen molar-refractivity contribution >= 4 is 10.9 Å². The molecule has 0 fully saturated rings. The first-order chi connectivity index (χ1) is 15.6. The minimum atomic E-state index is -3.35. The first-order valence-corrected chi connectivity index (χ1v) is 9.54. The molecule has 0 unspecified atom stereocenters. The van der Waals surface area contributed by atoms with E-state index in [1.54, 1.807) is 6.07 Å². The zero-order chi connectivity index (χ0) is 24.0. The Hall–Kier alpha value is -3.89. The highest BCUT2D eigenvalue weighted by molar-refractivity contribution is 5.95. The second kappa shape index (κ2) is 8.23. The molecule has 3 aromatic heterocycles. The number of halogens is 5. The van der Waals surface area contributed by atoms with Gasteiger partial charge in [0, 0.05) is 49.2 Å². The van der Waals surface area contributed by atoms with E-state index in [2.05, 4.69) is 4.98 Å². The van der Waals surface area contributed by atoms with E-state index in [0.29, 0.717) is 23.1 Å². The normalized spacial score (nSPS) is 11.7. The van der Waals surface area contributed by atoms with Crippen molar-refractivity contribution in [1.82, 2.24) is 14.1 Å². The first-order valence-electron chi connectivity index (χ1n) is 9.54. The number of aromatic amines is 1. The van der Waals surface area contributed by atoms with Gasteiger partial charge in [-0.3, -0.25) is 9.59 Å². The van der Waals surface area contributed by atoms with Gasteiger partial charge in [-0.1, -0.05) is 0 Å². The third-order valence-corrected chi connectivity index (χ3v) is 5.19. The molecule has 6 nitrogen and oxygen atoms in total. The maximum absolute atomic E-state index is 13.8. The predicted molar refractivity (Wildman–Crippen MR) is 111 cm³/mol. The van der Waals surface area contributed by atoms with Crippen LogP contribution in [-0.4, -0.2) is 14.1 Å². The molecule has 0 bridgehead atoms. The zero-order valence-electron chi connectivity index (χ0n) is 17.2. The molecule has 0 atom stereocenters. The van der Waals surface area contributed by atoms with E-state index in [0.717, 1.165) is 4.57 Å². The Balaban J connectivity index is 2.03. The summed E-state index contributed by atoms with van der Waals surface area (Å²) in [4.78, 5) is 28.1. The lowest BCUT2D eigenvalue weighted by atomic mass is 10.0. The van der Waals surface area contributed by atoms with Gasteiger partial charge in [0.05, 0.1) is 11.1 Å². The molecule has 4 rings (SSSR count). The zero-order valence-corrected chi connectivity index (χ0v) is 17.2. The van der Waals surface area contributed by atoms with Crippen molar-refractivity contribution in [3.8, 4) is 22.6 Å². The highest BCUT2D eigenvalue weighted by Crippen LogP contribution is 2.42. The number of nitrogens with zero attached hydrogens (tertiary/aromatic N) is 2. The van der Waals surface area contributed by atoms with Gasteiger partial charge >= 0.3 is 0 Å². The summed E-state index contributed by atoms with van der Waals surface area (Å²) in [6.07, 6.45) is -2.41. The van der Waals surface area contributed by atoms with E-state index in [9.17, 15) is 31.5 Å². The number of hydrogen-bond acceptors (Lipinski definition) is 3. The fraction of sp³-hybridized carbons (Fsp3) is 0.182. The highest BCUT2D eigenvalue weighted by atomic mass is 19.3. The summed E-state index contributed by atoms with van der Waals surface area (Å²) in [6.45, 7) is 0. The van der Waals surface area contributed by atoms with E-state index < -0.39 is 46.9 Å². The Morgan fingerprint density at radius 1 is 0.879 bits per heavy atom. The number of H-pyrrole nitrogens is 1. The number of pyridine rings is 2. The number of aryl methyl sites for hydroxylation is 2. The molecule has 0 saturated carbocycles. The number of rotatable bonds is 5. The Morgan fingerprint density at radius 3 is 2.12 bits per heavy atom. The van der Waals surface area contributed by atoms with Crippen LogP contribution in [0.4, 0.5) is 22.0 Å². The van der Waals surface area contributed by atoms with Crippen LogP contribution in [0.25, 0.3) is 22.0 Å². The third-order valence-electron chi connectivity index (χ3n) is 5.19. The van der Waals surface area contributed by atoms with Gasteiger partial charge in [0.2, 0.25) is 0 Å². The lowest BCUT2D eigenvalue weighted by Crippen LogP contribution is -2.20. The SMILES string of the molecule is Cn1ccc(-c2cn(C)c(=O)c3[nH]ccc23)c(Oc2c(C(F)F)cc(F)cc2C(F)F)c1=O. The number of nitrogens with one attached hydrogen (secondary N) is 1. The average Bonchev–Trinajstić information content (AvgIpc) is 3.25. The number of benzene rings is 1. The Bertz CT molecular complexity index is 1460. The molecule has 0 radical (unpaired) electrons. The van der Waals surface area contributed by atoms with Crippen LogP contribution in [0.2, 0.25) is 0 Å². The van der Waals surface area contributed by atoms with Crippen LogP contribution in [0.15, 0.2) is 52.4 Å². The summed E-state index contributed by atoms with van der Waals surface area (Å²) >= 11 is 0. The van der Waals surface area contributed by atoms with E-state index in [4.69, 9.17) is 4.74 Å². The topological polar surface area (TPSA) is 69.0 Å². The number of alkyl halides is 4. The van der Waals surface area contributed by atoms with Crippen LogP contribution in [0.1, 0.15) is 24.0 Å². The minimum absolute atomic E-state index is 0.0723. The van der Waals surface area contributed by atoms with Gasteiger partial charge in [-0.05, 0) is 24.3 Å². The molecule has 3 heterocycles. The van der Waals surface area contributed by atoms with Crippen molar-refractivity contribution < 1.29 is 26.7 Å². The second-order valence-electron chi connectivity index (χ2n) is 7.32. The van der Waals surface area contributed by atoms with Crippen molar-refractivity contribution in [3.05, 3.63) is 80.5 Å². The Morgan fingerprint density at radius 2 is 1.52 bits per heavy atom. The monoisotopic (exact) mass is 465 g/mol. The molecule has 172 valence electrons. The first kappa shape index (κ1) is 22.3. The van der Waals surface area contributed by atoms with Gasteiger partial charge in [-0.25, -0.2) is 22.0 Å². The lowest BCUT2D eigenvalue weighted by Gasteiger charge is -2.18. The van der Waals surface area contributed by atoms with Gasteiger partial charge in [0.15, 0.2) is 5.75 Å². The molecule has 0 amide bonds. The Labute approximate surface area is 182 Å². The second-order valence-corrected chi connectivity index (χ2v) is 7.32. The molecular formula is C22H16F5N3O3. The van der Waals surface area contributed by atoms with Crippen molar-refractivity contribution in [2.24, 2.45) is 14.1 Å². The van der Waals surface area contributed by atoms with Crippen LogP contribution in [0.5, 0.6) is 11.5 Å². The van der Waals surface area contributed by atoms with E-state index in [1.807, 2.05) is 0 Å². The molecule has 1 N–H and O–H groups in total. The standard InChI is InChI=1S/C22H16F5N3O3/c1-29-6-4-12(15-9-30(2)21(31)16-11(15)3-5-28-16)18(22(29)32)33-17-13(19(24)25)7-10(23)8-14(17)20(26)27/h3-9,19-20,28H,1-2H3. The molecule has 0 saturated heterocycles. The fourth-order valence-corrected chi connectivity index (χ4v) is 3.58. The molecule has 0 aliphatic carbocycles. The van der Waals surface area contributed by atoms with Crippen molar-refractivity contribution in [2.45, 2.75) is 12.9 Å². The molecule has 11 heteroatoms. The van der Waals surface area contributed by atoms with Gasteiger partial charge in [0.1, 0.15) is 17.1 Å². The number of aromatic nitrogens is 3. The van der Waals surface area contributed by atoms with Crippen molar-refractivity contribution in [1.29, 1.82) is 0 Å². The summed E-state index contributed by atoms with van der Waals surface area (Å²) in [5.74, 6) is -2.82. The molecular weight excluding hydrogens is 449 g/mol. The molecule has 1 aromatic carbocycles. The quantitative estimate of drug-likeness (QED) is 0.420. The summed E-state index contributed by atoms with van der Waals surface area (Å²) in [6, 6.07) is 3.77. The van der Waals surface area contributed by atoms with E-state index in [-0.39, 0.29) is 16.6 Å². The van der Waals surface area contributed by atoms with Crippen LogP contribution in [0, 0.1) is 5.82 Å². The molecule has 4 aromatic rings. The average molecular weight is 465 g/mol. The molecule has 0 aliphatic rings. The highest BCUT2D eigenvalue weighted by Gasteiger charge is 2.27. The number of hydrogen-bond donors (Lipinski definition) is 1. The largest absolute Gasteiger partial charge is 0.450 e. The summed E-state index contributed by atoms with van der Waals surface area (Å²) < 4.78 is 75.9. The van der Waals surface area contributed by atoms with Crippen LogP contribution in [0.3, 0.4) is 0 Å². The van der Waals surface area contributed by atoms with Crippen LogP contribution in [-0.2, 0) is 14.1 Å². The van der Waals surface area contributed by atoms with E-state index in [1.165, 1.54) is 43.3 Å². The summed E-state index contributed by atoms with van der Waals surface area (Å²) in [7, 11) is 2.83. The maximum Gasteiger partial charge on any atom is 0.293 e. The maximum atomic E-state index is 13.8. The molecule has 0 aliphatic heterocycles. The van der Waals surface area contributed by atoms with Crippen molar-refractivity contribution in [2.75, 3.05) is 0 Å². The summed E-state index contributed by atoms with van der Waals surface area (Å²) in [5, 5.41) is 0.401. The lowest BCUT2D eigenvalue weighted by molar-refractivity contribution is 0.136. The number of ether oxygens (including phenoxy) is 1. The predicted octanol–water partition coefficient (Wildman–Crippen LogP) is 5.04. The van der Waals surface area contributed by atoms with Gasteiger partial charge in [-0.2, -0.15) is 0 Å². The molecule has 0 spiro atoms. The minimum Gasteiger partial charge on any atom is -0.450 e. The van der Waals surface area contributed by atoms with Crippen LogP contribution >= 0.6 is 0 Å². The van der Waals surface area contributed by atoms with E-state index >= 15 is 0 Å². The van der Waals surface area contributed by atoms with Gasteiger partial charge in [-0.15, -0.1) is 0 Å².